The maximum Gasteiger partial charge on any atom is 0.115 e. The van der Waals surface area contributed by atoms with Gasteiger partial charge in [-0.3, -0.25) is 4.90 Å². The summed E-state index contributed by atoms with van der Waals surface area (Å²) in [7, 11) is 0. The molecule has 0 saturated carbocycles. The molecule has 5 N–H and O–H groups in total. The highest BCUT2D eigenvalue weighted by Gasteiger charge is 2.46. The van der Waals surface area contributed by atoms with Crippen LogP contribution in [-0.4, -0.2) is 66.6 Å². The third-order valence-electron chi connectivity index (χ3n) is 7.55. The Kier molecular flexibility index (Phi) is 9.58. The van der Waals surface area contributed by atoms with Gasteiger partial charge in [-0.15, -0.1) is 0 Å². The minimum atomic E-state index is -0.107. The molecule has 0 unspecified atom stereocenters. The molecule has 2 heterocycles. The number of nitrogens with two attached hydrogens (primary N) is 1. The van der Waals surface area contributed by atoms with Gasteiger partial charge in [-0.05, 0) is 71.9 Å². The Morgan fingerprint density at radius 3 is 2.61 bits per heavy atom. The molecule has 38 heavy (non-hydrogen) atoms. The number of ether oxygens (including phenoxy) is 1. The van der Waals surface area contributed by atoms with Crippen molar-refractivity contribution in [2.24, 2.45) is 11.7 Å². The van der Waals surface area contributed by atoms with Gasteiger partial charge in [0.25, 0.3) is 0 Å². The third-order valence-corrected chi connectivity index (χ3v) is 7.55. The van der Waals surface area contributed by atoms with Crippen molar-refractivity contribution in [1.29, 1.82) is 0 Å². The largest absolute Gasteiger partial charge is 0.508 e. The maximum atomic E-state index is 9.88. The number of aliphatic hydroxyl groups is 1. The van der Waals surface area contributed by atoms with Gasteiger partial charge in [0.05, 0.1) is 0 Å². The zero-order valence-electron chi connectivity index (χ0n) is 22.4. The summed E-state index contributed by atoms with van der Waals surface area (Å²) in [5.41, 5.74) is 11.4. The van der Waals surface area contributed by atoms with E-state index in [9.17, 15) is 10.2 Å². The summed E-state index contributed by atoms with van der Waals surface area (Å²) in [6, 6.07) is 17.4. The van der Waals surface area contributed by atoms with Crippen molar-refractivity contribution >= 4 is 11.1 Å². The fourth-order valence-electron chi connectivity index (χ4n) is 5.50. The van der Waals surface area contributed by atoms with E-state index < -0.39 is 0 Å². The van der Waals surface area contributed by atoms with E-state index in [1.54, 1.807) is 12.1 Å². The van der Waals surface area contributed by atoms with Crippen molar-refractivity contribution in [2.75, 3.05) is 45.9 Å². The molecule has 2 atom stereocenters. The van der Waals surface area contributed by atoms with Crippen LogP contribution in [0.1, 0.15) is 30.9 Å². The fourth-order valence-corrected chi connectivity index (χ4v) is 5.50. The second kappa shape index (κ2) is 13.1. The van der Waals surface area contributed by atoms with Gasteiger partial charge in [0, 0.05) is 50.8 Å². The number of nitrogens with zero attached hydrogens (tertiary/aromatic N) is 1. The Balaban J connectivity index is 1.50. The Bertz CT molecular complexity index is 1170. The number of phenolic OH excluding ortho intramolecular Hbond substituents is 1. The third kappa shape index (κ3) is 6.83. The van der Waals surface area contributed by atoms with E-state index in [1.165, 1.54) is 0 Å². The number of fused-ring (bicyclic) bond motifs is 1. The number of nitrogens with one attached hydrogen (secondary N) is 1. The molecule has 0 aromatic heterocycles. The Morgan fingerprint density at radius 2 is 1.92 bits per heavy atom. The molecule has 0 aliphatic carbocycles. The van der Waals surface area contributed by atoms with Crippen molar-refractivity contribution in [3.8, 4) is 5.75 Å². The van der Waals surface area contributed by atoms with Crippen LogP contribution in [0.25, 0.3) is 11.1 Å². The molecule has 6 heteroatoms. The maximum absolute atomic E-state index is 9.88. The number of hydrogen-bond acceptors (Lipinski definition) is 6. The molecule has 0 radical (unpaired) electrons. The highest BCUT2D eigenvalue weighted by Crippen LogP contribution is 2.36. The van der Waals surface area contributed by atoms with Gasteiger partial charge in [-0.2, -0.15) is 0 Å². The van der Waals surface area contributed by atoms with Crippen molar-refractivity contribution < 1.29 is 14.9 Å². The standard InChI is InChI=1S/C32H41N3O3/c1-3-29(38-19-17-35-21-27-20-34-22-32(27,33)23-35)16-11-24(2)31(26-12-14-28(37)15-13-26)30(10-7-18-36)25-8-5-4-6-9-25/h3-6,8-9,11-16,27,34,36-37H,2,7,10,17-23,33H2,1H3/b16-11-,29-3+,31-30+/t27-,32-/m0/s1. The predicted octanol–water partition coefficient (Wildman–Crippen LogP) is 4.34. The van der Waals surface area contributed by atoms with Crippen molar-refractivity contribution in [3.05, 3.63) is 102 Å². The van der Waals surface area contributed by atoms with Crippen LogP contribution >= 0.6 is 0 Å². The average molecular weight is 516 g/mol. The first-order chi connectivity index (χ1) is 18.4. The molecule has 2 fully saturated rings. The smallest absolute Gasteiger partial charge is 0.115 e. The predicted molar refractivity (Wildman–Crippen MR) is 155 cm³/mol. The number of aromatic hydroxyl groups is 1. The number of benzene rings is 2. The SMILES string of the molecule is C=C(/C=C\C(=C/C)OCCN1C[C@@H]2CNC[C@]2(N)C1)/C(=C(/CCCO)c1ccccc1)c1ccc(O)cc1. The molecule has 4 rings (SSSR count). The fraction of sp³-hybridized carbons (Fsp3) is 0.375. The van der Waals surface area contributed by atoms with Crippen LogP contribution in [0, 0.1) is 5.92 Å². The molecule has 0 bridgehead atoms. The lowest BCUT2D eigenvalue weighted by Gasteiger charge is -2.22. The second-order valence-corrected chi connectivity index (χ2v) is 10.3. The van der Waals surface area contributed by atoms with E-state index >= 15 is 0 Å². The van der Waals surface area contributed by atoms with Crippen LogP contribution in [0.15, 0.2) is 90.7 Å². The first kappa shape index (κ1) is 27.9. The minimum absolute atomic E-state index is 0.107. The summed E-state index contributed by atoms with van der Waals surface area (Å²) >= 11 is 0. The van der Waals surface area contributed by atoms with Gasteiger partial charge in [-0.1, -0.05) is 55.1 Å². The van der Waals surface area contributed by atoms with Gasteiger partial charge < -0.3 is 26.0 Å². The molecular weight excluding hydrogens is 474 g/mol. The van der Waals surface area contributed by atoms with Crippen LogP contribution in [0.4, 0.5) is 0 Å². The highest BCUT2D eigenvalue weighted by molar-refractivity contribution is 5.99. The van der Waals surface area contributed by atoms with Gasteiger partial charge in [0.15, 0.2) is 0 Å². The molecule has 6 nitrogen and oxygen atoms in total. The quantitative estimate of drug-likeness (QED) is 0.191. The number of hydrogen-bond donors (Lipinski definition) is 4. The van der Waals surface area contributed by atoms with Crippen molar-refractivity contribution in [2.45, 2.75) is 25.3 Å². The second-order valence-electron chi connectivity index (χ2n) is 10.3. The molecule has 0 spiro atoms. The van der Waals surface area contributed by atoms with Gasteiger partial charge in [0.1, 0.15) is 18.1 Å². The van der Waals surface area contributed by atoms with Gasteiger partial charge in [0.2, 0.25) is 0 Å². The first-order valence-corrected chi connectivity index (χ1v) is 13.5. The lowest BCUT2D eigenvalue weighted by atomic mass is 9.87. The monoisotopic (exact) mass is 515 g/mol. The summed E-state index contributed by atoms with van der Waals surface area (Å²) in [6.07, 6.45) is 7.25. The summed E-state index contributed by atoms with van der Waals surface area (Å²) in [5, 5.41) is 22.9. The van der Waals surface area contributed by atoms with E-state index in [2.05, 4.69) is 28.9 Å². The molecule has 202 valence electrons. The Labute approximate surface area is 226 Å². The topological polar surface area (TPSA) is 91.0 Å². The van der Waals surface area contributed by atoms with E-state index in [0.717, 1.165) is 66.3 Å². The summed E-state index contributed by atoms with van der Waals surface area (Å²) in [6.45, 7) is 11.7. The molecule has 2 saturated heterocycles. The average Bonchev–Trinajstić information content (AvgIpc) is 3.43. The van der Waals surface area contributed by atoms with Crippen LogP contribution in [0.3, 0.4) is 0 Å². The number of allylic oxidation sites excluding steroid dienone is 6. The molecule has 2 aliphatic heterocycles. The van der Waals surface area contributed by atoms with Crippen LogP contribution < -0.4 is 11.1 Å². The normalized spacial score (nSPS) is 22.5. The van der Waals surface area contributed by atoms with Gasteiger partial charge in [-0.25, -0.2) is 0 Å². The highest BCUT2D eigenvalue weighted by atomic mass is 16.5. The summed E-state index contributed by atoms with van der Waals surface area (Å²) < 4.78 is 6.12. The summed E-state index contributed by atoms with van der Waals surface area (Å²) in [4.78, 5) is 2.40. The van der Waals surface area contributed by atoms with E-state index in [0.29, 0.717) is 25.4 Å². The number of likely N-dealkylation sites (tertiary alicyclic amines) is 1. The molecular formula is C32H41N3O3. The van der Waals surface area contributed by atoms with Crippen LogP contribution in [0.5, 0.6) is 5.75 Å². The molecule has 2 aromatic rings. The van der Waals surface area contributed by atoms with Crippen molar-refractivity contribution in [1.82, 2.24) is 10.2 Å². The Morgan fingerprint density at radius 1 is 1.16 bits per heavy atom. The van der Waals surface area contributed by atoms with Crippen molar-refractivity contribution in [3.63, 3.8) is 0 Å². The Hall–Kier alpha value is -3.16. The van der Waals surface area contributed by atoms with E-state index in [-0.39, 0.29) is 17.9 Å². The molecule has 0 amide bonds. The zero-order chi connectivity index (χ0) is 27.0. The van der Waals surface area contributed by atoms with E-state index in [1.807, 2.05) is 55.5 Å². The number of phenols is 1. The number of rotatable bonds is 12. The minimum Gasteiger partial charge on any atom is -0.508 e. The molecule has 2 aromatic carbocycles. The van der Waals surface area contributed by atoms with Crippen LogP contribution in [0.2, 0.25) is 0 Å². The van der Waals surface area contributed by atoms with Crippen LogP contribution in [-0.2, 0) is 4.74 Å². The number of aliphatic hydroxyl groups excluding tert-OH is 1. The first-order valence-electron chi connectivity index (χ1n) is 13.5. The molecule has 2 aliphatic rings. The lowest BCUT2D eigenvalue weighted by Crippen LogP contribution is -2.48. The van der Waals surface area contributed by atoms with Gasteiger partial charge >= 0.3 is 0 Å². The van der Waals surface area contributed by atoms with E-state index in [4.69, 9.17) is 10.5 Å². The summed E-state index contributed by atoms with van der Waals surface area (Å²) in [5.74, 6) is 1.52. The zero-order valence-corrected chi connectivity index (χ0v) is 22.4. The lowest BCUT2D eigenvalue weighted by molar-refractivity contribution is 0.173.